The molecule has 0 spiro atoms. The van der Waals surface area contributed by atoms with Crippen LogP contribution in [-0.2, 0) is 0 Å². The molecule has 1 amide bonds. The minimum absolute atomic E-state index is 0.154. The number of carbonyl (C=O) groups is 1. The highest BCUT2D eigenvalue weighted by Gasteiger charge is 2.14. The average molecular weight is 334 g/mol. The molecule has 0 fully saturated rings. The molecule has 3 rings (SSSR count). The summed E-state index contributed by atoms with van der Waals surface area (Å²) in [6.07, 6.45) is 1.44. The summed E-state index contributed by atoms with van der Waals surface area (Å²) >= 11 is 11.6. The molecule has 2 heterocycles. The summed E-state index contributed by atoms with van der Waals surface area (Å²) < 4.78 is 5.17. The van der Waals surface area contributed by atoms with Crippen molar-refractivity contribution in [3.05, 3.63) is 64.4 Å². The first-order valence-electron chi connectivity index (χ1n) is 6.27. The van der Waals surface area contributed by atoms with E-state index in [0.29, 0.717) is 21.6 Å². The van der Waals surface area contributed by atoms with Crippen molar-refractivity contribution in [1.82, 2.24) is 10.1 Å². The summed E-state index contributed by atoms with van der Waals surface area (Å²) in [4.78, 5) is 16.1. The van der Waals surface area contributed by atoms with Crippen molar-refractivity contribution < 1.29 is 9.32 Å². The maximum absolute atomic E-state index is 12.1. The molecule has 0 aliphatic rings. The molecule has 0 aliphatic carbocycles. The second-order valence-electron chi connectivity index (χ2n) is 4.40. The van der Waals surface area contributed by atoms with E-state index in [1.807, 2.05) is 0 Å². The quantitative estimate of drug-likeness (QED) is 0.776. The van der Waals surface area contributed by atoms with Crippen molar-refractivity contribution in [2.45, 2.75) is 0 Å². The summed E-state index contributed by atoms with van der Waals surface area (Å²) in [6, 6.07) is 11.8. The van der Waals surface area contributed by atoms with Gasteiger partial charge in [-0.3, -0.25) is 4.79 Å². The number of pyridine rings is 1. The number of hydrogen-bond acceptors (Lipinski definition) is 4. The lowest BCUT2D eigenvalue weighted by Gasteiger charge is -2.00. The largest absolute Gasteiger partial charge is 0.355 e. The van der Waals surface area contributed by atoms with Gasteiger partial charge in [0.1, 0.15) is 5.82 Å². The van der Waals surface area contributed by atoms with Crippen LogP contribution in [-0.4, -0.2) is 16.0 Å². The third kappa shape index (κ3) is 3.27. The van der Waals surface area contributed by atoms with Crippen molar-refractivity contribution in [3.8, 4) is 11.3 Å². The molecule has 0 aliphatic heterocycles. The number of hydrogen-bond donors (Lipinski definition) is 1. The highest BCUT2D eigenvalue weighted by Crippen LogP contribution is 2.22. The van der Waals surface area contributed by atoms with Gasteiger partial charge in [-0.25, -0.2) is 4.98 Å². The van der Waals surface area contributed by atoms with Crippen LogP contribution in [0.15, 0.2) is 53.2 Å². The zero-order valence-corrected chi connectivity index (χ0v) is 12.6. The molecule has 0 bridgehead atoms. The number of nitrogens with one attached hydrogen (secondary N) is 1. The average Bonchev–Trinajstić information content (AvgIpc) is 3.00. The molecule has 0 unspecified atom stereocenters. The van der Waals surface area contributed by atoms with Crippen LogP contribution in [0.3, 0.4) is 0 Å². The molecular weight excluding hydrogens is 325 g/mol. The third-order valence-corrected chi connectivity index (χ3v) is 3.32. The predicted molar refractivity (Wildman–Crippen MR) is 84.1 cm³/mol. The molecular formula is C15H9Cl2N3O2. The highest BCUT2D eigenvalue weighted by atomic mass is 35.5. The van der Waals surface area contributed by atoms with Gasteiger partial charge >= 0.3 is 0 Å². The van der Waals surface area contributed by atoms with Crippen LogP contribution >= 0.6 is 23.2 Å². The Kier molecular flexibility index (Phi) is 4.09. The van der Waals surface area contributed by atoms with Crippen molar-refractivity contribution in [2.24, 2.45) is 0 Å². The standard InChI is InChI=1S/C15H9Cl2N3O2/c16-10-3-1-9(2-4-10)13-7-12(20-22-13)15(21)19-14-6-5-11(17)8-18-14/h1-8H,(H,18,19,21). The van der Waals surface area contributed by atoms with E-state index in [4.69, 9.17) is 27.7 Å². The van der Waals surface area contributed by atoms with E-state index in [0.717, 1.165) is 5.56 Å². The van der Waals surface area contributed by atoms with E-state index in [1.165, 1.54) is 6.20 Å². The van der Waals surface area contributed by atoms with Gasteiger partial charge in [0.15, 0.2) is 11.5 Å². The molecule has 1 aromatic carbocycles. The Morgan fingerprint density at radius 2 is 1.77 bits per heavy atom. The SMILES string of the molecule is O=C(Nc1ccc(Cl)cn1)c1cc(-c2ccc(Cl)cc2)on1. The molecule has 2 aromatic heterocycles. The molecule has 110 valence electrons. The number of amides is 1. The summed E-state index contributed by atoms with van der Waals surface area (Å²) in [5.41, 5.74) is 0.933. The Hall–Kier alpha value is -2.37. The van der Waals surface area contributed by atoms with E-state index in [-0.39, 0.29) is 5.69 Å². The summed E-state index contributed by atoms with van der Waals surface area (Å²) in [6.45, 7) is 0. The third-order valence-electron chi connectivity index (χ3n) is 2.84. The Morgan fingerprint density at radius 1 is 1.05 bits per heavy atom. The second kappa shape index (κ2) is 6.17. The zero-order valence-electron chi connectivity index (χ0n) is 11.1. The van der Waals surface area contributed by atoms with Gasteiger partial charge in [-0.2, -0.15) is 0 Å². The van der Waals surface area contributed by atoms with Crippen molar-refractivity contribution >= 4 is 34.9 Å². The first kappa shape index (κ1) is 14.6. The Morgan fingerprint density at radius 3 is 2.45 bits per heavy atom. The first-order valence-corrected chi connectivity index (χ1v) is 7.03. The maximum atomic E-state index is 12.1. The highest BCUT2D eigenvalue weighted by molar-refractivity contribution is 6.30. The van der Waals surface area contributed by atoms with E-state index >= 15 is 0 Å². The fraction of sp³-hybridized carbons (Fsp3) is 0. The van der Waals surface area contributed by atoms with Gasteiger partial charge in [0.05, 0.1) is 5.02 Å². The van der Waals surface area contributed by atoms with Gasteiger partial charge in [0.25, 0.3) is 5.91 Å². The Balaban J connectivity index is 1.76. The number of carbonyl (C=O) groups excluding carboxylic acids is 1. The molecule has 1 N–H and O–H groups in total. The zero-order chi connectivity index (χ0) is 15.5. The number of benzene rings is 1. The molecule has 5 nitrogen and oxygen atoms in total. The van der Waals surface area contributed by atoms with E-state index < -0.39 is 5.91 Å². The number of rotatable bonds is 3. The fourth-order valence-corrected chi connectivity index (χ4v) is 2.00. The minimum atomic E-state index is -0.418. The summed E-state index contributed by atoms with van der Waals surface area (Å²) in [5, 5.41) is 7.47. The van der Waals surface area contributed by atoms with Gasteiger partial charge in [0, 0.05) is 22.8 Å². The Labute approximate surface area is 135 Å². The minimum Gasteiger partial charge on any atom is -0.355 e. The van der Waals surface area contributed by atoms with Crippen LogP contribution < -0.4 is 5.32 Å². The van der Waals surface area contributed by atoms with Gasteiger partial charge in [-0.15, -0.1) is 0 Å². The number of aromatic nitrogens is 2. The van der Waals surface area contributed by atoms with Crippen LogP contribution in [0.2, 0.25) is 10.0 Å². The lowest BCUT2D eigenvalue weighted by atomic mass is 10.1. The molecule has 3 aromatic rings. The van der Waals surface area contributed by atoms with Crippen molar-refractivity contribution in [2.75, 3.05) is 5.32 Å². The van der Waals surface area contributed by atoms with Crippen molar-refractivity contribution in [1.29, 1.82) is 0 Å². The van der Waals surface area contributed by atoms with Crippen LogP contribution in [0.4, 0.5) is 5.82 Å². The lowest BCUT2D eigenvalue weighted by molar-refractivity contribution is 0.101. The van der Waals surface area contributed by atoms with Crippen LogP contribution in [0.1, 0.15) is 10.5 Å². The van der Waals surface area contributed by atoms with Gasteiger partial charge < -0.3 is 9.84 Å². The smallest absolute Gasteiger partial charge is 0.279 e. The predicted octanol–water partition coefficient (Wildman–Crippen LogP) is 4.30. The van der Waals surface area contributed by atoms with E-state index in [9.17, 15) is 4.79 Å². The summed E-state index contributed by atoms with van der Waals surface area (Å²) in [7, 11) is 0. The Bertz CT molecular complexity index is 798. The summed E-state index contributed by atoms with van der Waals surface area (Å²) in [5.74, 6) is 0.440. The van der Waals surface area contributed by atoms with Crippen LogP contribution in [0.25, 0.3) is 11.3 Å². The molecule has 0 radical (unpaired) electrons. The molecule has 22 heavy (non-hydrogen) atoms. The van der Waals surface area contributed by atoms with Gasteiger partial charge in [-0.1, -0.05) is 28.4 Å². The molecule has 0 saturated carbocycles. The van der Waals surface area contributed by atoms with Crippen LogP contribution in [0.5, 0.6) is 0 Å². The first-order chi connectivity index (χ1) is 10.6. The van der Waals surface area contributed by atoms with Crippen LogP contribution in [0, 0.1) is 0 Å². The molecule has 0 saturated heterocycles. The topological polar surface area (TPSA) is 68.0 Å². The maximum Gasteiger partial charge on any atom is 0.279 e. The molecule has 0 atom stereocenters. The number of anilines is 1. The fourth-order valence-electron chi connectivity index (χ4n) is 1.76. The number of halogens is 2. The monoisotopic (exact) mass is 333 g/mol. The van der Waals surface area contributed by atoms with E-state index in [2.05, 4.69) is 15.5 Å². The van der Waals surface area contributed by atoms with E-state index in [1.54, 1.807) is 42.5 Å². The van der Waals surface area contributed by atoms with Gasteiger partial charge in [0.2, 0.25) is 0 Å². The normalized spacial score (nSPS) is 10.5. The second-order valence-corrected chi connectivity index (χ2v) is 5.27. The van der Waals surface area contributed by atoms with Crippen molar-refractivity contribution in [3.63, 3.8) is 0 Å². The van der Waals surface area contributed by atoms with Gasteiger partial charge in [-0.05, 0) is 36.4 Å². The lowest BCUT2D eigenvalue weighted by Crippen LogP contribution is -2.13. The number of nitrogens with zero attached hydrogens (tertiary/aromatic N) is 2. The molecule has 7 heteroatoms.